The molecule has 0 aliphatic carbocycles. The van der Waals surface area contributed by atoms with E-state index in [0.717, 1.165) is 23.6 Å². The van der Waals surface area contributed by atoms with Gasteiger partial charge in [-0.05, 0) is 27.3 Å². The second kappa shape index (κ2) is 7.59. The summed E-state index contributed by atoms with van der Waals surface area (Å²) in [7, 11) is 3.62. The maximum atomic E-state index is 12.6. The van der Waals surface area contributed by atoms with Crippen molar-refractivity contribution in [3.05, 3.63) is 17.0 Å². The molecule has 2 heterocycles. The van der Waals surface area contributed by atoms with E-state index in [1.54, 1.807) is 7.05 Å². The number of carbonyl (C=O) groups is 2. The zero-order valence-electron chi connectivity index (χ0n) is 14.4. The van der Waals surface area contributed by atoms with E-state index in [4.69, 9.17) is 4.52 Å². The number of likely N-dealkylation sites (N-methyl/N-ethyl adjacent to an activating group) is 1. The standard InChI is InChI=1S/C16H26N4O3/c1-11-14(12(2)23-18-11)5-6-15(21)20-8-7-19(4)9-13(10-20)16(22)17-3/h13H,5-10H2,1-4H3,(H,17,22)/t13-/m0/s1. The van der Waals surface area contributed by atoms with E-state index >= 15 is 0 Å². The quantitative estimate of drug-likeness (QED) is 0.866. The number of hydrogen-bond donors (Lipinski definition) is 1. The molecule has 128 valence electrons. The van der Waals surface area contributed by atoms with Gasteiger partial charge in [0, 0.05) is 45.2 Å². The van der Waals surface area contributed by atoms with Crippen LogP contribution >= 0.6 is 0 Å². The van der Waals surface area contributed by atoms with Crippen molar-refractivity contribution in [3.63, 3.8) is 0 Å². The van der Waals surface area contributed by atoms with Gasteiger partial charge < -0.3 is 19.6 Å². The number of nitrogens with one attached hydrogen (secondary N) is 1. The predicted molar refractivity (Wildman–Crippen MR) is 85.9 cm³/mol. The van der Waals surface area contributed by atoms with Crippen molar-refractivity contribution >= 4 is 11.8 Å². The van der Waals surface area contributed by atoms with E-state index in [9.17, 15) is 9.59 Å². The van der Waals surface area contributed by atoms with Crippen molar-refractivity contribution in [1.29, 1.82) is 0 Å². The number of carbonyl (C=O) groups excluding carboxylic acids is 2. The Kier molecular flexibility index (Phi) is 5.76. The lowest BCUT2D eigenvalue weighted by molar-refractivity contribution is -0.132. The summed E-state index contributed by atoms with van der Waals surface area (Å²) >= 11 is 0. The third kappa shape index (κ3) is 4.31. The van der Waals surface area contributed by atoms with Gasteiger partial charge in [-0.2, -0.15) is 0 Å². The normalized spacial score (nSPS) is 19.5. The minimum absolute atomic E-state index is 0.0118. The Bertz CT molecular complexity index is 550. The summed E-state index contributed by atoms with van der Waals surface area (Å²) in [5.41, 5.74) is 1.85. The highest BCUT2D eigenvalue weighted by molar-refractivity contribution is 5.81. The van der Waals surface area contributed by atoms with Crippen LogP contribution in [0.3, 0.4) is 0 Å². The van der Waals surface area contributed by atoms with Gasteiger partial charge in [-0.1, -0.05) is 5.16 Å². The van der Waals surface area contributed by atoms with Gasteiger partial charge in [0.05, 0.1) is 11.6 Å². The van der Waals surface area contributed by atoms with Gasteiger partial charge in [0.2, 0.25) is 11.8 Å². The largest absolute Gasteiger partial charge is 0.361 e. The lowest BCUT2D eigenvalue weighted by atomic mass is 10.1. The third-order valence-electron chi connectivity index (χ3n) is 4.46. The SMILES string of the molecule is CNC(=O)[C@H]1CN(C)CCN(C(=O)CCc2c(C)noc2C)C1. The zero-order chi connectivity index (χ0) is 17.0. The molecule has 0 saturated carbocycles. The van der Waals surface area contributed by atoms with Gasteiger partial charge in [0.15, 0.2) is 0 Å². The highest BCUT2D eigenvalue weighted by Crippen LogP contribution is 2.16. The smallest absolute Gasteiger partial charge is 0.225 e. The Hall–Kier alpha value is -1.89. The molecule has 1 aromatic heterocycles. The molecule has 1 aromatic rings. The third-order valence-corrected chi connectivity index (χ3v) is 4.46. The van der Waals surface area contributed by atoms with Gasteiger partial charge in [-0.15, -0.1) is 0 Å². The van der Waals surface area contributed by atoms with E-state index in [1.165, 1.54) is 0 Å². The Morgan fingerprint density at radius 2 is 2.04 bits per heavy atom. The minimum atomic E-state index is -0.185. The first-order valence-electron chi connectivity index (χ1n) is 8.02. The molecule has 23 heavy (non-hydrogen) atoms. The van der Waals surface area contributed by atoms with Gasteiger partial charge >= 0.3 is 0 Å². The van der Waals surface area contributed by atoms with Crippen molar-refractivity contribution in [1.82, 2.24) is 20.3 Å². The summed E-state index contributed by atoms with van der Waals surface area (Å²) in [6.45, 7) is 6.34. The number of rotatable bonds is 4. The second-order valence-corrected chi connectivity index (χ2v) is 6.22. The number of aromatic nitrogens is 1. The topological polar surface area (TPSA) is 78.7 Å². The van der Waals surface area contributed by atoms with Crippen molar-refractivity contribution in [3.8, 4) is 0 Å². The minimum Gasteiger partial charge on any atom is -0.361 e. The molecule has 2 rings (SSSR count). The summed E-state index contributed by atoms with van der Waals surface area (Å²) < 4.78 is 5.14. The van der Waals surface area contributed by atoms with Crippen molar-refractivity contribution in [2.45, 2.75) is 26.7 Å². The fourth-order valence-corrected chi connectivity index (χ4v) is 3.02. The first kappa shape index (κ1) is 17.5. The van der Waals surface area contributed by atoms with E-state index in [-0.39, 0.29) is 17.7 Å². The van der Waals surface area contributed by atoms with E-state index in [1.807, 2.05) is 25.8 Å². The van der Waals surface area contributed by atoms with Crippen LogP contribution in [0.15, 0.2) is 4.52 Å². The predicted octanol–water partition coefficient (Wildman–Crippen LogP) is 0.360. The summed E-state index contributed by atoms with van der Waals surface area (Å²) in [5, 5.41) is 6.61. The van der Waals surface area contributed by atoms with Gasteiger partial charge in [0.25, 0.3) is 0 Å². The molecule has 0 unspecified atom stereocenters. The molecule has 0 aromatic carbocycles. The molecule has 1 aliphatic rings. The lowest BCUT2D eigenvalue weighted by Gasteiger charge is -2.23. The number of nitrogens with zero attached hydrogens (tertiary/aromatic N) is 3. The van der Waals surface area contributed by atoms with Crippen LogP contribution in [-0.4, -0.2) is 67.0 Å². The zero-order valence-corrected chi connectivity index (χ0v) is 14.4. The Balaban J connectivity index is 1.98. The molecule has 1 fully saturated rings. The van der Waals surface area contributed by atoms with Gasteiger partial charge in [0.1, 0.15) is 5.76 Å². The van der Waals surface area contributed by atoms with Crippen LogP contribution in [0, 0.1) is 19.8 Å². The monoisotopic (exact) mass is 322 g/mol. The first-order chi connectivity index (χ1) is 10.9. The molecule has 1 aliphatic heterocycles. The maximum absolute atomic E-state index is 12.6. The number of aryl methyl sites for hydroxylation is 2. The van der Waals surface area contributed by atoms with Crippen molar-refractivity contribution in [2.75, 3.05) is 40.3 Å². The lowest BCUT2D eigenvalue weighted by Crippen LogP contribution is -2.41. The molecule has 2 amide bonds. The van der Waals surface area contributed by atoms with Crippen LogP contribution in [0.2, 0.25) is 0 Å². The van der Waals surface area contributed by atoms with Crippen molar-refractivity contribution in [2.24, 2.45) is 5.92 Å². The van der Waals surface area contributed by atoms with Gasteiger partial charge in [-0.3, -0.25) is 9.59 Å². The summed E-state index contributed by atoms with van der Waals surface area (Å²) in [4.78, 5) is 28.4. The van der Waals surface area contributed by atoms with Crippen LogP contribution in [0.1, 0.15) is 23.4 Å². The van der Waals surface area contributed by atoms with E-state index in [2.05, 4.69) is 15.4 Å². The van der Waals surface area contributed by atoms with E-state index in [0.29, 0.717) is 32.5 Å². The van der Waals surface area contributed by atoms with Crippen LogP contribution in [-0.2, 0) is 16.0 Å². The molecule has 7 nitrogen and oxygen atoms in total. The summed E-state index contributed by atoms with van der Waals surface area (Å²) in [6, 6.07) is 0. The van der Waals surface area contributed by atoms with Crippen LogP contribution in [0.5, 0.6) is 0 Å². The highest BCUT2D eigenvalue weighted by atomic mass is 16.5. The first-order valence-corrected chi connectivity index (χ1v) is 8.02. The fraction of sp³-hybridized carbons (Fsp3) is 0.688. The Morgan fingerprint density at radius 1 is 1.30 bits per heavy atom. The van der Waals surface area contributed by atoms with Crippen molar-refractivity contribution < 1.29 is 14.1 Å². The Morgan fingerprint density at radius 3 is 2.65 bits per heavy atom. The fourth-order valence-electron chi connectivity index (χ4n) is 3.02. The van der Waals surface area contributed by atoms with Crippen LogP contribution < -0.4 is 5.32 Å². The maximum Gasteiger partial charge on any atom is 0.225 e. The molecule has 1 saturated heterocycles. The molecule has 0 bridgehead atoms. The van der Waals surface area contributed by atoms with Gasteiger partial charge in [-0.25, -0.2) is 0 Å². The van der Waals surface area contributed by atoms with Crippen LogP contribution in [0.4, 0.5) is 0 Å². The number of hydrogen-bond acceptors (Lipinski definition) is 5. The molecule has 7 heteroatoms. The molecule has 0 spiro atoms. The molecular weight excluding hydrogens is 296 g/mol. The van der Waals surface area contributed by atoms with Crippen LogP contribution in [0.25, 0.3) is 0 Å². The second-order valence-electron chi connectivity index (χ2n) is 6.22. The molecular formula is C16H26N4O3. The average molecular weight is 322 g/mol. The van der Waals surface area contributed by atoms with E-state index < -0.39 is 0 Å². The highest BCUT2D eigenvalue weighted by Gasteiger charge is 2.28. The molecule has 0 radical (unpaired) electrons. The Labute approximate surface area is 137 Å². The average Bonchev–Trinajstić information content (AvgIpc) is 2.73. The summed E-state index contributed by atoms with van der Waals surface area (Å²) in [5.74, 6) is 0.654. The number of amides is 2. The molecule has 1 N–H and O–H groups in total. The molecule has 1 atom stereocenters. The summed E-state index contributed by atoms with van der Waals surface area (Å²) in [6.07, 6.45) is 1.03.